The number of hydrogen-bond donors (Lipinski definition) is 1. The Morgan fingerprint density at radius 2 is 1.74 bits per heavy atom. The largest absolute Gasteiger partial charge is 0.491 e. The Bertz CT molecular complexity index is 1280. The van der Waals surface area contributed by atoms with Crippen molar-refractivity contribution in [3.05, 3.63) is 95.2 Å². The molecule has 5 heteroatoms. The lowest BCUT2D eigenvalue weighted by Crippen LogP contribution is -2.32. The number of aromatic nitrogens is 1. The molecule has 34 heavy (non-hydrogen) atoms. The quantitative estimate of drug-likeness (QED) is 0.346. The summed E-state index contributed by atoms with van der Waals surface area (Å²) >= 11 is 0. The minimum atomic E-state index is -0.629. The predicted octanol–water partition coefficient (Wildman–Crippen LogP) is 5.32. The number of fused-ring (bicyclic) bond motifs is 1. The van der Waals surface area contributed by atoms with Gasteiger partial charge in [-0.1, -0.05) is 48.0 Å². The highest BCUT2D eigenvalue weighted by Crippen LogP contribution is 2.32. The van der Waals surface area contributed by atoms with Crippen molar-refractivity contribution in [2.75, 3.05) is 20.2 Å². The number of ketones is 1. The number of aryl methyl sites for hydroxylation is 1. The smallest absolute Gasteiger partial charge is 0.162 e. The number of carbonyl (C=O) groups is 1. The van der Waals surface area contributed by atoms with Gasteiger partial charge in [0.25, 0.3) is 0 Å². The van der Waals surface area contributed by atoms with Gasteiger partial charge in [-0.15, -0.1) is 0 Å². The Morgan fingerprint density at radius 3 is 2.41 bits per heavy atom. The number of benzene rings is 3. The first kappa shape index (κ1) is 23.7. The van der Waals surface area contributed by atoms with Gasteiger partial charge in [-0.3, -0.25) is 9.69 Å². The van der Waals surface area contributed by atoms with E-state index in [1.807, 2.05) is 50.4 Å². The van der Waals surface area contributed by atoms with Gasteiger partial charge in [0.15, 0.2) is 5.78 Å². The second-order valence-electron chi connectivity index (χ2n) is 9.01. The number of nitrogens with zero attached hydrogens (tertiary/aromatic N) is 2. The van der Waals surface area contributed by atoms with Crippen LogP contribution in [0.5, 0.6) is 5.75 Å². The molecule has 0 amide bonds. The van der Waals surface area contributed by atoms with Gasteiger partial charge >= 0.3 is 0 Å². The van der Waals surface area contributed by atoms with Crippen LogP contribution in [0, 0.1) is 13.8 Å². The number of carbonyl (C=O) groups excluding carboxylic acids is 1. The third-order valence-corrected chi connectivity index (χ3v) is 6.08. The number of ether oxygens (including phenoxy) is 1. The summed E-state index contributed by atoms with van der Waals surface area (Å²) in [5, 5.41) is 11.4. The van der Waals surface area contributed by atoms with Crippen molar-refractivity contribution in [2.45, 2.75) is 33.4 Å². The maximum atomic E-state index is 12.5. The molecule has 176 valence electrons. The topological polar surface area (TPSA) is 54.7 Å². The molecule has 0 radical (unpaired) electrons. The Kier molecular flexibility index (Phi) is 7.15. The van der Waals surface area contributed by atoms with E-state index in [1.54, 1.807) is 6.92 Å². The molecule has 0 aliphatic carbocycles. The molecule has 0 spiro atoms. The number of rotatable bonds is 9. The summed E-state index contributed by atoms with van der Waals surface area (Å²) in [6.45, 7) is 7.07. The average molecular weight is 457 g/mol. The van der Waals surface area contributed by atoms with E-state index in [9.17, 15) is 9.90 Å². The zero-order valence-corrected chi connectivity index (χ0v) is 20.3. The van der Waals surface area contributed by atoms with E-state index in [2.05, 4.69) is 52.8 Å². The fourth-order valence-electron chi connectivity index (χ4n) is 4.52. The van der Waals surface area contributed by atoms with E-state index < -0.39 is 6.10 Å². The summed E-state index contributed by atoms with van der Waals surface area (Å²) in [4.78, 5) is 14.6. The lowest BCUT2D eigenvalue weighted by molar-refractivity contribution is 0.0744. The molecular formula is C29H32N2O3. The second kappa shape index (κ2) is 10.2. The van der Waals surface area contributed by atoms with E-state index in [0.29, 0.717) is 17.9 Å². The zero-order chi connectivity index (χ0) is 24.2. The summed E-state index contributed by atoms with van der Waals surface area (Å²) in [6, 6.07) is 24.2. The molecule has 3 aromatic carbocycles. The first-order valence-electron chi connectivity index (χ1n) is 11.6. The lowest BCUT2D eigenvalue weighted by Gasteiger charge is -2.21. The van der Waals surface area contributed by atoms with Gasteiger partial charge in [-0.05, 0) is 63.7 Å². The van der Waals surface area contributed by atoms with Crippen molar-refractivity contribution in [1.82, 2.24) is 9.47 Å². The third kappa shape index (κ3) is 5.22. The average Bonchev–Trinajstić information content (AvgIpc) is 3.10. The van der Waals surface area contributed by atoms with Gasteiger partial charge in [0, 0.05) is 35.4 Å². The molecule has 4 rings (SSSR count). The molecule has 0 bridgehead atoms. The summed E-state index contributed by atoms with van der Waals surface area (Å²) in [7, 11) is 1.98. The highest BCUT2D eigenvalue weighted by atomic mass is 16.5. The Labute approximate surface area is 201 Å². The SMILES string of the molecule is CC(=O)c1c(C)n(-c2ccc(C)cc2)c2ccc(OC[C@H](O)CN(C)Cc3ccccc3)cc12. The molecule has 0 saturated heterocycles. The van der Waals surface area contributed by atoms with Crippen LogP contribution in [0.2, 0.25) is 0 Å². The van der Waals surface area contributed by atoms with Crippen molar-refractivity contribution in [2.24, 2.45) is 0 Å². The molecule has 1 heterocycles. The van der Waals surface area contributed by atoms with Gasteiger partial charge in [0.05, 0.1) is 5.52 Å². The van der Waals surface area contributed by atoms with Crippen molar-refractivity contribution in [3.8, 4) is 11.4 Å². The van der Waals surface area contributed by atoms with Gasteiger partial charge < -0.3 is 14.4 Å². The lowest BCUT2D eigenvalue weighted by atomic mass is 10.1. The van der Waals surface area contributed by atoms with Crippen molar-refractivity contribution < 1.29 is 14.6 Å². The molecule has 0 saturated carbocycles. The predicted molar refractivity (Wildman–Crippen MR) is 137 cm³/mol. The van der Waals surface area contributed by atoms with Crippen molar-refractivity contribution in [1.29, 1.82) is 0 Å². The fourth-order valence-corrected chi connectivity index (χ4v) is 4.52. The first-order valence-corrected chi connectivity index (χ1v) is 11.6. The number of aliphatic hydroxyl groups excluding tert-OH is 1. The van der Waals surface area contributed by atoms with Crippen LogP contribution in [0.3, 0.4) is 0 Å². The summed E-state index contributed by atoms with van der Waals surface area (Å²) in [6.07, 6.45) is -0.629. The summed E-state index contributed by atoms with van der Waals surface area (Å²) in [5.41, 5.74) is 5.98. The number of likely N-dealkylation sites (N-methyl/N-ethyl adjacent to an activating group) is 1. The molecule has 1 N–H and O–H groups in total. The Balaban J connectivity index is 1.51. The maximum Gasteiger partial charge on any atom is 0.162 e. The highest BCUT2D eigenvalue weighted by molar-refractivity contribution is 6.09. The van der Waals surface area contributed by atoms with Crippen molar-refractivity contribution in [3.63, 3.8) is 0 Å². The van der Waals surface area contributed by atoms with Crippen LogP contribution in [0.25, 0.3) is 16.6 Å². The highest BCUT2D eigenvalue weighted by Gasteiger charge is 2.19. The molecule has 1 atom stereocenters. The normalized spacial score (nSPS) is 12.3. The summed E-state index contributed by atoms with van der Waals surface area (Å²) in [5.74, 6) is 0.661. The van der Waals surface area contributed by atoms with Crippen molar-refractivity contribution >= 4 is 16.7 Å². The Hall–Kier alpha value is -3.41. The minimum Gasteiger partial charge on any atom is -0.491 e. The number of aliphatic hydroxyl groups is 1. The van der Waals surface area contributed by atoms with Crippen LogP contribution in [0.15, 0.2) is 72.8 Å². The molecule has 1 aromatic heterocycles. The molecule has 5 nitrogen and oxygen atoms in total. The fraction of sp³-hybridized carbons (Fsp3) is 0.276. The second-order valence-corrected chi connectivity index (χ2v) is 9.01. The van der Waals surface area contributed by atoms with E-state index in [1.165, 1.54) is 11.1 Å². The van der Waals surface area contributed by atoms with Crippen LogP contribution in [-0.4, -0.2) is 46.7 Å². The van der Waals surface area contributed by atoms with E-state index in [4.69, 9.17) is 4.74 Å². The van der Waals surface area contributed by atoms with E-state index in [-0.39, 0.29) is 12.4 Å². The molecule has 0 unspecified atom stereocenters. The third-order valence-electron chi connectivity index (χ3n) is 6.08. The van der Waals surface area contributed by atoms with E-state index >= 15 is 0 Å². The maximum absolute atomic E-state index is 12.5. The molecule has 0 fully saturated rings. The molecular weight excluding hydrogens is 424 g/mol. The monoisotopic (exact) mass is 456 g/mol. The molecule has 0 aliphatic rings. The van der Waals surface area contributed by atoms with Gasteiger partial charge in [-0.25, -0.2) is 0 Å². The van der Waals surface area contributed by atoms with Gasteiger partial charge in [0.2, 0.25) is 0 Å². The van der Waals surface area contributed by atoms with Crippen LogP contribution < -0.4 is 4.74 Å². The molecule has 4 aromatic rings. The van der Waals surface area contributed by atoms with Crippen LogP contribution >= 0.6 is 0 Å². The molecule has 0 aliphatic heterocycles. The zero-order valence-electron chi connectivity index (χ0n) is 20.3. The minimum absolute atomic E-state index is 0.0214. The number of Topliss-reactive ketones (excluding diaryl/α,β-unsaturated/α-hetero) is 1. The van der Waals surface area contributed by atoms with Gasteiger partial charge in [-0.2, -0.15) is 0 Å². The Morgan fingerprint density at radius 1 is 1.03 bits per heavy atom. The van der Waals surface area contributed by atoms with Crippen LogP contribution in [0.1, 0.15) is 34.1 Å². The first-order chi connectivity index (χ1) is 16.3. The van der Waals surface area contributed by atoms with E-state index in [0.717, 1.165) is 28.8 Å². The van der Waals surface area contributed by atoms with Crippen LogP contribution in [0.4, 0.5) is 0 Å². The number of hydrogen-bond acceptors (Lipinski definition) is 4. The summed E-state index contributed by atoms with van der Waals surface area (Å²) < 4.78 is 8.05. The van der Waals surface area contributed by atoms with Crippen LogP contribution in [-0.2, 0) is 6.54 Å². The standard InChI is InChI=1S/C29H32N2O3/c1-20-10-12-24(13-11-20)31-21(2)29(22(3)32)27-16-26(14-15-28(27)31)34-19-25(33)18-30(4)17-23-8-6-5-7-9-23/h5-16,25,33H,17-19H2,1-4H3/t25-/m1/s1. The van der Waals surface area contributed by atoms with Gasteiger partial charge in [0.1, 0.15) is 18.5 Å².